The fourth-order valence-electron chi connectivity index (χ4n) is 5.23. The number of hydrogen-bond acceptors (Lipinski definition) is 8. The van der Waals surface area contributed by atoms with Crippen molar-refractivity contribution in [2.75, 3.05) is 39.5 Å². The molecule has 2 aliphatic heterocycles. The van der Waals surface area contributed by atoms with Crippen LogP contribution in [-0.4, -0.2) is 66.9 Å². The van der Waals surface area contributed by atoms with E-state index in [0.29, 0.717) is 73.1 Å². The molecule has 0 bridgehead atoms. The average Bonchev–Trinajstić information content (AvgIpc) is 3.43. The molecule has 220 valence electrons. The number of rotatable bonds is 11. The van der Waals surface area contributed by atoms with E-state index in [2.05, 4.69) is 20.1 Å². The fourth-order valence-corrected chi connectivity index (χ4v) is 5.23. The van der Waals surface area contributed by atoms with Gasteiger partial charge in [0.05, 0.1) is 19.8 Å². The summed E-state index contributed by atoms with van der Waals surface area (Å²) in [6.07, 6.45) is -0.438. The number of ether oxygens (including phenoxy) is 3. The molecule has 0 spiro atoms. The number of carbonyl (C=O) groups is 1. The Labute approximate surface area is 247 Å². The number of aliphatic hydroxyl groups excluding tert-OH is 1. The van der Waals surface area contributed by atoms with Gasteiger partial charge in [-0.1, -0.05) is 58.8 Å². The molecule has 3 aromatic rings. The lowest BCUT2D eigenvalue weighted by molar-refractivity contribution is -0.143. The summed E-state index contributed by atoms with van der Waals surface area (Å²) in [5.41, 5.74) is 19.4. The number of aliphatic hydroxyl groups is 1. The minimum absolute atomic E-state index is 0.0312. The first-order valence-electron chi connectivity index (χ1n) is 13.8. The summed E-state index contributed by atoms with van der Waals surface area (Å²) in [4.78, 5) is 27.4. The van der Waals surface area contributed by atoms with E-state index in [4.69, 9.17) is 24.3 Å². The minimum Gasteiger partial charge on any atom is -0.494 e. The highest BCUT2D eigenvalue weighted by Crippen LogP contribution is 2.47. The van der Waals surface area contributed by atoms with Gasteiger partial charge in [-0.25, -0.2) is 4.99 Å². The molecule has 2 atom stereocenters. The zero-order valence-electron chi connectivity index (χ0n) is 23.3. The SMILES string of the molecule is [N-]=[N+]=Nc1ccccc1C[C@@]1(C(=O)N2CCOCC2)N=C(c2ccc(OCCCO)cc2)O[C@@H]1c1ccccc1N=[N+]=[N-]. The topological polar surface area (TPSA) is 178 Å². The average molecular weight is 583 g/mol. The molecular weight excluding hydrogens is 552 g/mol. The van der Waals surface area contributed by atoms with E-state index in [1.54, 1.807) is 77.7 Å². The van der Waals surface area contributed by atoms with Crippen molar-refractivity contribution in [1.82, 2.24) is 4.90 Å². The van der Waals surface area contributed by atoms with Crippen LogP contribution in [0.1, 0.15) is 29.2 Å². The number of amides is 1. The highest BCUT2D eigenvalue weighted by Gasteiger charge is 2.55. The Morgan fingerprint density at radius 1 is 1.00 bits per heavy atom. The van der Waals surface area contributed by atoms with Crippen molar-refractivity contribution in [1.29, 1.82) is 0 Å². The molecule has 0 aliphatic carbocycles. The van der Waals surface area contributed by atoms with Crippen LogP contribution in [0.15, 0.2) is 88.0 Å². The summed E-state index contributed by atoms with van der Waals surface area (Å²) in [5.74, 6) is 0.553. The standard InChI is InChI=1S/C30H30N8O5/c31-36-34-25-8-3-1-6-22(25)20-30(29(40)38-14-18-41-19-15-38)27(24-7-2-4-9-26(24)35-37-32)43-28(33-30)21-10-12-23(13-11-21)42-17-5-16-39/h1-4,6-13,27,39H,5,14-20H2/t27-,30-/m1/s1. The van der Waals surface area contributed by atoms with Crippen molar-refractivity contribution in [2.24, 2.45) is 15.2 Å². The lowest BCUT2D eigenvalue weighted by Crippen LogP contribution is -2.54. The maximum Gasteiger partial charge on any atom is 0.255 e. The van der Waals surface area contributed by atoms with Crippen molar-refractivity contribution in [3.8, 4) is 5.75 Å². The van der Waals surface area contributed by atoms with Gasteiger partial charge in [-0.2, -0.15) is 0 Å². The quantitative estimate of drug-likeness (QED) is 0.132. The van der Waals surface area contributed by atoms with Crippen molar-refractivity contribution < 1.29 is 24.1 Å². The maximum absolute atomic E-state index is 14.7. The fraction of sp³-hybridized carbons (Fsp3) is 0.333. The molecular formula is C30H30N8O5. The second-order valence-electron chi connectivity index (χ2n) is 9.94. The summed E-state index contributed by atoms with van der Waals surface area (Å²) in [7, 11) is 0. The van der Waals surface area contributed by atoms with E-state index in [-0.39, 0.29) is 24.8 Å². The maximum atomic E-state index is 14.7. The van der Waals surface area contributed by atoms with Crippen molar-refractivity contribution in [3.63, 3.8) is 0 Å². The predicted molar refractivity (Wildman–Crippen MR) is 158 cm³/mol. The van der Waals surface area contributed by atoms with E-state index in [0.717, 1.165) is 0 Å². The van der Waals surface area contributed by atoms with Gasteiger partial charge >= 0.3 is 0 Å². The van der Waals surface area contributed by atoms with Gasteiger partial charge < -0.3 is 24.2 Å². The highest BCUT2D eigenvalue weighted by atomic mass is 16.5. The molecule has 1 N–H and O–H groups in total. The molecule has 13 heteroatoms. The lowest BCUT2D eigenvalue weighted by Gasteiger charge is -2.37. The predicted octanol–water partition coefficient (Wildman–Crippen LogP) is 5.69. The second kappa shape index (κ2) is 13.7. The first-order valence-corrected chi connectivity index (χ1v) is 13.8. The minimum atomic E-state index is -1.55. The number of aliphatic imine (C=N–C) groups is 1. The Morgan fingerprint density at radius 3 is 2.40 bits per heavy atom. The molecule has 2 heterocycles. The molecule has 43 heavy (non-hydrogen) atoms. The van der Waals surface area contributed by atoms with Crippen LogP contribution in [0.5, 0.6) is 5.75 Å². The zero-order chi connectivity index (χ0) is 30.1. The highest BCUT2D eigenvalue weighted by molar-refractivity contribution is 6.01. The third-order valence-electron chi connectivity index (χ3n) is 7.28. The second-order valence-corrected chi connectivity index (χ2v) is 9.94. The van der Waals surface area contributed by atoms with Crippen LogP contribution in [-0.2, 0) is 20.7 Å². The Kier molecular flexibility index (Phi) is 9.40. The van der Waals surface area contributed by atoms with Crippen LogP contribution in [0.25, 0.3) is 20.9 Å². The number of benzene rings is 3. The Morgan fingerprint density at radius 2 is 1.67 bits per heavy atom. The number of morpholine rings is 1. The van der Waals surface area contributed by atoms with Gasteiger partial charge in [-0.05, 0) is 40.9 Å². The number of hydrogen-bond donors (Lipinski definition) is 1. The van der Waals surface area contributed by atoms with Crippen molar-refractivity contribution >= 4 is 23.2 Å². The summed E-state index contributed by atoms with van der Waals surface area (Å²) in [6, 6.07) is 21.1. The van der Waals surface area contributed by atoms with Gasteiger partial charge in [-0.15, -0.1) is 0 Å². The van der Waals surface area contributed by atoms with Crippen LogP contribution >= 0.6 is 0 Å². The van der Waals surface area contributed by atoms with E-state index in [9.17, 15) is 15.9 Å². The molecule has 0 radical (unpaired) electrons. The third kappa shape index (κ3) is 6.40. The molecule has 0 unspecified atom stereocenters. The van der Waals surface area contributed by atoms with Crippen LogP contribution in [0.3, 0.4) is 0 Å². The molecule has 1 fully saturated rings. The van der Waals surface area contributed by atoms with Crippen molar-refractivity contribution in [2.45, 2.75) is 24.5 Å². The third-order valence-corrected chi connectivity index (χ3v) is 7.28. The molecule has 3 aromatic carbocycles. The van der Waals surface area contributed by atoms with Gasteiger partial charge in [-0.3, -0.25) is 4.79 Å². The van der Waals surface area contributed by atoms with E-state index < -0.39 is 11.6 Å². The normalized spacial score (nSPS) is 19.4. The van der Waals surface area contributed by atoms with Gasteiger partial charge in [0.25, 0.3) is 5.91 Å². The summed E-state index contributed by atoms with van der Waals surface area (Å²) < 4.78 is 17.8. The molecule has 2 aliphatic rings. The first kappa shape index (κ1) is 29.4. The molecule has 1 saturated heterocycles. The van der Waals surface area contributed by atoms with Crippen molar-refractivity contribution in [3.05, 3.63) is 110 Å². The number of nitrogens with zero attached hydrogens (tertiary/aromatic N) is 8. The Hall–Kier alpha value is -5.06. The molecule has 5 rings (SSSR count). The van der Waals surface area contributed by atoms with Gasteiger partial charge in [0.2, 0.25) is 5.90 Å². The molecule has 0 aromatic heterocycles. The largest absolute Gasteiger partial charge is 0.494 e. The number of azide groups is 2. The lowest BCUT2D eigenvalue weighted by atomic mass is 9.80. The van der Waals surface area contributed by atoms with E-state index in [1.807, 2.05) is 0 Å². The zero-order valence-corrected chi connectivity index (χ0v) is 23.3. The Bertz CT molecular complexity index is 1580. The number of carbonyl (C=O) groups excluding carboxylic acids is 1. The smallest absolute Gasteiger partial charge is 0.255 e. The summed E-state index contributed by atoms with van der Waals surface area (Å²) in [6.45, 7) is 1.90. The van der Waals surface area contributed by atoms with E-state index in [1.165, 1.54) is 0 Å². The van der Waals surface area contributed by atoms with Crippen LogP contribution < -0.4 is 4.74 Å². The van der Waals surface area contributed by atoms with Crippen LogP contribution in [0.4, 0.5) is 11.4 Å². The Balaban J connectivity index is 1.67. The monoisotopic (exact) mass is 582 g/mol. The molecule has 13 nitrogen and oxygen atoms in total. The van der Waals surface area contributed by atoms with Crippen LogP contribution in [0, 0.1) is 0 Å². The van der Waals surface area contributed by atoms with Gasteiger partial charge in [0.15, 0.2) is 11.6 Å². The van der Waals surface area contributed by atoms with Gasteiger partial charge in [0.1, 0.15) is 5.75 Å². The first-order chi connectivity index (χ1) is 21.1. The summed E-state index contributed by atoms with van der Waals surface area (Å²) in [5, 5.41) is 16.8. The molecule has 1 amide bonds. The van der Waals surface area contributed by atoms with Crippen LogP contribution in [0.2, 0.25) is 0 Å². The molecule has 0 saturated carbocycles. The summed E-state index contributed by atoms with van der Waals surface area (Å²) >= 11 is 0. The van der Waals surface area contributed by atoms with Gasteiger partial charge in [0, 0.05) is 64.9 Å². The van der Waals surface area contributed by atoms with E-state index >= 15 is 0 Å².